The van der Waals surface area contributed by atoms with Crippen molar-refractivity contribution in [1.29, 1.82) is 0 Å². The molecule has 1 aliphatic carbocycles. The lowest BCUT2D eigenvalue weighted by atomic mass is 9.84. The number of carbonyl (C=O) groups is 2. The van der Waals surface area contributed by atoms with Crippen LogP contribution in [0.4, 0.5) is 0 Å². The Morgan fingerprint density at radius 3 is 2.22 bits per heavy atom. The Bertz CT molecular complexity index is 428. The zero-order valence-corrected chi connectivity index (χ0v) is 10.6. The lowest BCUT2D eigenvalue weighted by Gasteiger charge is -2.20. The SMILES string of the molecule is CC(=O)Oc1ccc(C(=O)C2CCCCC2)cc1. The minimum atomic E-state index is -0.346. The summed E-state index contributed by atoms with van der Waals surface area (Å²) in [6.07, 6.45) is 5.56. The Kier molecular flexibility index (Phi) is 4.13. The number of ketones is 1. The first-order chi connectivity index (χ1) is 8.66. The van der Waals surface area contributed by atoms with Gasteiger partial charge in [-0.1, -0.05) is 19.3 Å². The van der Waals surface area contributed by atoms with Gasteiger partial charge in [-0.25, -0.2) is 0 Å². The first-order valence-electron chi connectivity index (χ1n) is 6.49. The van der Waals surface area contributed by atoms with E-state index < -0.39 is 0 Å². The molecule has 1 fully saturated rings. The number of hydrogen-bond acceptors (Lipinski definition) is 3. The number of Topliss-reactive ketones (excluding diaryl/α,β-unsaturated/α-hetero) is 1. The van der Waals surface area contributed by atoms with E-state index in [1.165, 1.54) is 13.3 Å². The molecule has 0 heterocycles. The molecule has 3 nitrogen and oxygen atoms in total. The third-order valence-corrected chi connectivity index (χ3v) is 3.38. The van der Waals surface area contributed by atoms with Crippen molar-refractivity contribution in [3.63, 3.8) is 0 Å². The quantitative estimate of drug-likeness (QED) is 0.466. The molecule has 2 rings (SSSR count). The summed E-state index contributed by atoms with van der Waals surface area (Å²) in [4.78, 5) is 23.0. The monoisotopic (exact) mass is 246 g/mol. The van der Waals surface area contributed by atoms with Gasteiger partial charge in [-0.05, 0) is 37.1 Å². The molecule has 0 saturated heterocycles. The highest BCUT2D eigenvalue weighted by Gasteiger charge is 2.22. The average Bonchev–Trinajstić information content (AvgIpc) is 2.39. The van der Waals surface area contributed by atoms with Crippen LogP contribution in [0.2, 0.25) is 0 Å². The van der Waals surface area contributed by atoms with E-state index in [0.717, 1.165) is 31.2 Å². The Balaban J connectivity index is 2.04. The molecular formula is C15H18O3. The van der Waals surface area contributed by atoms with Gasteiger partial charge in [0.05, 0.1) is 0 Å². The van der Waals surface area contributed by atoms with Crippen LogP contribution in [0.3, 0.4) is 0 Å². The summed E-state index contributed by atoms with van der Waals surface area (Å²) in [7, 11) is 0. The number of rotatable bonds is 3. The molecule has 1 aromatic rings. The number of hydrogen-bond donors (Lipinski definition) is 0. The van der Waals surface area contributed by atoms with Gasteiger partial charge in [0.1, 0.15) is 5.75 Å². The average molecular weight is 246 g/mol. The van der Waals surface area contributed by atoms with Crippen LogP contribution in [0.25, 0.3) is 0 Å². The van der Waals surface area contributed by atoms with E-state index in [0.29, 0.717) is 5.75 Å². The minimum Gasteiger partial charge on any atom is -0.427 e. The van der Waals surface area contributed by atoms with Crippen molar-refractivity contribution in [3.05, 3.63) is 29.8 Å². The van der Waals surface area contributed by atoms with Gasteiger partial charge in [-0.2, -0.15) is 0 Å². The molecule has 0 bridgehead atoms. The highest BCUT2D eigenvalue weighted by Crippen LogP contribution is 2.27. The lowest BCUT2D eigenvalue weighted by molar-refractivity contribution is -0.131. The third-order valence-electron chi connectivity index (χ3n) is 3.38. The number of esters is 1. The molecule has 0 N–H and O–H groups in total. The van der Waals surface area contributed by atoms with Gasteiger partial charge in [0, 0.05) is 18.4 Å². The maximum Gasteiger partial charge on any atom is 0.308 e. The number of benzene rings is 1. The Morgan fingerprint density at radius 2 is 1.67 bits per heavy atom. The molecular weight excluding hydrogens is 228 g/mol. The molecule has 18 heavy (non-hydrogen) atoms. The molecule has 0 radical (unpaired) electrons. The third kappa shape index (κ3) is 3.19. The summed E-state index contributed by atoms with van der Waals surface area (Å²) >= 11 is 0. The predicted octanol–water partition coefficient (Wildman–Crippen LogP) is 3.37. The van der Waals surface area contributed by atoms with Gasteiger partial charge in [0.2, 0.25) is 0 Å². The van der Waals surface area contributed by atoms with E-state index in [4.69, 9.17) is 4.74 Å². The molecule has 0 aromatic heterocycles. The van der Waals surface area contributed by atoms with Crippen molar-refractivity contribution >= 4 is 11.8 Å². The van der Waals surface area contributed by atoms with Crippen LogP contribution in [0, 0.1) is 5.92 Å². The molecule has 0 spiro atoms. The number of ether oxygens (including phenoxy) is 1. The van der Waals surface area contributed by atoms with Crippen molar-refractivity contribution in [2.45, 2.75) is 39.0 Å². The van der Waals surface area contributed by atoms with E-state index in [2.05, 4.69) is 0 Å². The van der Waals surface area contributed by atoms with E-state index in [1.54, 1.807) is 24.3 Å². The second kappa shape index (κ2) is 5.80. The second-order valence-corrected chi connectivity index (χ2v) is 4.82. The molecule has 0 amide bonds. The van der Waals surface area contributed by atoms with Gasteiger partial charge in [0.15, 0.2) is 5.78 Å². The van der Waals surface area contributed by atoms with Crippen molar-refractivity contribution in [3.8, 4) is 5.75 Å². The maximum atomic E-state index is 12.2. The topological polar surface area (TPSA) is 43.4 Å². The van der Waals surface area contributed by atoms with Crippen LogP contribution in [-0.2, 0) is 4.79 Å². The van der Waals surface area contributed by atoms with E-state index in [-0.39, 0.29) is 17.7 Å². The van der Waals surface area contributed by atoms with Gasteiger partial charge in [0.25, 0.3) is 0 Å². The fourth-order valence-electron chi connectivity index (χ4n) is 2.45. The first kappa shape index (κ1) is 12.8. The van der Waals surface area contributed by atoms with E-state index in [9.17, 15) is 9.59 Å². The molecule has 96 valence electrons. The van der Waals surface area contributed by atoms with Crippen molar-refractivity contribution in [1.82, 2.24) is 0 Å². The van der Waals surface area contributed by atoms with Crippen LogP contribution in [0.1, 0.15) is 49.4 Å². The van der Waals surface area contributed by atoms with Crippen LogP contribution in [-0.4, -0.2) is 11.8 Å². The predicted molar refractivity (Wildman–Crippen MR) is 68.7 cm³/mol. The summed E-state index contributed by atoms with van der Waals surface area (Å²) in [6.45, 7) is 1.36. The molecule has 3 heteroatoms. The molecule has 0 atom stereocenters. The zero-order chi connectivity index (χ0) is 13.0. The fourth-order valence-corrected chi connectivity index (χ4v) is 2.45. The first-order valence-corrected chi connectivity index (χ1v) is 6.49. The fraction of sp³-hybridized carbons (Fsp3) is 0.467. The van der Waals surface area contributed by atoms with Gasteiger partial charge < -0.3 is 4.74 Å². The summed E-state index contributed by atoms with van der Waals surface area (Å²) in [5.74, 6) is 0.548. The summed E-state index contributed by atoms with van der Waals surface area (Å²) in [6, 6.07) is 6.85. The van der Waals surface area contributed by atoms with E-state index in [1.807, 2.05) is 0 Å². The Labute approximate surface area is 107 Å². The molecule has 1 aliphatic rings. The molecule has 1 aromatic carbocycles. The molecule has 1 saturated carbocycles. The second-order valence-electron chi connectivity index (χ2n) is 4.82. The van der Waals surface area contributed by atoms with Crippen molar-refractivity contribution in [2.24, 2.45) is 5.92 Å². The summed E-state index contributed by atoms with van der Waals surface area (Å²) in [5.41, 5.74) is 0.720. The summed E-state index contributed by atoms with van der Waals surface area (Å²) in [5, 5.41) is 0. The van der Waals surface area contributed by atoms with Gasteiger partial charge in [-0.15, -0.1) is 0 Å². The maximum absolute atomic E-state index is 12.2. The zero-order valence-electron chi connectivity index (χ0n) is 10.6. The van der Waals surface area contributed by atoms with Crippen molar-refractivity contribution < 1.29 is 14.3 Å². The smallest absolute Gasteiger partial charge is 0.308 e. The molecule has 0 aliphatic heterocycles. The minimum absolute atomic E-state index is 0.179. The van der Waals surface area contributed by atoms with Crippen LogP contribution >= 0.6 is 0 Å². The van der Waals surface area contributed by atoms with Crippen LogP contribution in [0.15, 0.2) is 24.3 Å². The largest absolute Gasteiger partial charge is 0.427 e. The van der Waals surface area contributed by atoms with Crippen LogP contribution in [0.5, 0.6) is 5.75 Å². The van der Waals surface area contributed by atoms with Gasteiger partial charge in [-0.3, -0.25) is 9.59 Å². The van der Waals surface area contributed by atoms with E-state index >= 15 is 0 Å². The normalized spacial score (nSPS) is 16.3. The van der Waals surface area contributed by atoms with Gasteiger partial charge >= 0.3 is 5.97 Å². The Morgan fingerprint density at radius 1 is 1.06 bits per heavy atom. The number of carbonyl (C=O) groups excluding carboxylic acids is 2. The van der Waals surface area contributed by atoms with Crippen LogP contribution < -0.4 is 4.74 Å². The molecule has 0 unspecified atom stereocenters. The lowest BCUT2D eigenvalue weighted by Crippen LogP contribution is -2.17. The Hall–Kier alpha value is -1.64. The summed E-state index contributed by atoms with van der Waals surface area (Å²) < 4.78 is 4.94. The highest BCUT2D eigenvalue weighted by molar-refractivity contribution is 5.98. The highest BCUT2D eigenvalue weighted by atomic mass is 16.5. The van der Waals surface area contributed by atoms with Crippen molar-refractivity contribution in [2.75, 3.05) is 0 Å². The standard InChI is InChI=1S/C15H18O3/c1-11(16)18-14-9-7-13(8-10-14)15(17)12-5-3-2-4-6-12/h7-10,12H,2-6H2,1H3.